The second kappa shape index (κ2) is 5.06. The van der Waals surface area contributed by atoms with Crippen molar-refractivity contribution >= 4 is 17.4 Å². The minimum atomic E-state index is -0.256. The van der Waals surface area contributed by atoms with Gasteiger partial charge in [-0.05, 0) is 38.1 Å². The van der Waals surface area contributed by atoms with Crippen LogP contribution in [0.2, 0.25) is 0 Å². The quantitative estimate of drug-likeness (QED) is 0.857. The van der Waals surface area contributed by atoms with Gasteiger partial charge in [0.25, 0.3) is 5.91 Å². The summed E-state index contributed by atoms with van der Waals surface area (Å²) in [7, 11) is 1.77. The molecule has 1 amide bonds. The molecule has 0 saturated carbocycles. The Morgan fingerprint density at radius 3 is 2.32 bits per heavy atom. The van der Waals surface area contributed by atoms with Gasteiger partial charge in [-0.15, -0.1) is 0 Å². The van der Waals surface area contributed by atoms with E-state index in [1.54, 1.807) is 42.2 Å². The highest BCUT2D eigenvalue weighted by molar-refractivity contribution is 6.04. The Bertz CT molecular complexity index is 627. The number of benzene rings is 1. The SMILES string of the molecule is CC(=O)c1ccc(NC(=O)c2nn(C)cc2C)cc1. The molecular formula is C14H15N3O2. The molecular weight excluding hydrogens is 242 g/mol. The Morgan fingerprint density at radius 2 is 1.84 bits per heavy atom. The van der Waals surface area contributed by atoms with E-state index in [1.165, 1.54) is 6.92 Å². The summed E-state index contributed by atoms with van der Waals surface area (Å²) in [6.45, 7) is 3.34. The van der Waals surface area contributed by atoms with Crippen molar-refractivity contribution in [3.63, 3.8) is 0 Å². The van der Waals surface area contributed by atoms with Crippen LogP contribution in [0.25, 0.3) is 0 Å². The highest BCUT2D eigenvalue weighted by atomic mass is 16.2. The maximum absolute atomic E-state index is 12.0. The number of hydrogen-bond acceptors (Lipinski definition) is 3. The standard InChI is InChI=1S/C14H15N3O2/c1-9-8-17(3)16-13(9)14(19)15-12-6-4-11(5-7-12)10(2)18/h4-8H,1-3H3,(H,15,19). The molecule has 5 nitrogen and oxygen atoms in total. The molecule has 2 rings (SSSR count). The molecule has 0 radical (unpaired) electrons. The Hall–Kier alpha value is -2.43. The zero-order chi connectivity index (χ0) is 14.0. The van der Waals surface area contributed by atoms with E-state index in [0.29, 0.717) is 16.9 Å². The summed E-state index contributed by atoms with van der Waals surface area (Å²) in [5, 5.41) is 6.86. The fraction of sp³-hybridized carbons (Fsp3) is 0.214. The van der Waals surface area contributed by atoms with Gasteiger partial charge in [0, 0.05) is 30.1 Å². The van der Waals surface area contributed by atoms with E-state index in [-0.39, 0.29) is 11.7 Å². The van der Waals surface area contributed by atoms with E-state index in [0.717, 1.165) is 5.56 Å². The fourth-order valence-corrected chi connectivity index (χ4v) is 1.81. The first kappa shape index (κ1) is 13.0. The number of ketones is 1. The zero-order valence-electron chi connectivity index (χ0n) is 11.1. The Balaban J connectivity index is 2.15. The molecule has 0 spiro atoms. The van der Waals surface area contributed by atoms with Crippen molar-refractivity contribution in [2.75, 3.05) is 5.32 Å². The first-order valence-electron chi connectivity index (χ1n) is 5.90. The number of anilines is 1. The van der Waals surface area contributed by atoms with Crippen LogP contribution in [0.4, 0.5) is 5.69 Å². The van der Waals surface area contributed by atoms with Crippen LogP contribution in [0.15, 0.2) is 30.5 Å². The third kappa shape index (κ3) is 2.88. The molecule has 1 aromatic heterocycles. The summed E-state index contributed by atoms with van der Waals surface area (Å²) >= 11 is 0. The molecule has 19 heavy (non-hydrogen) atoms. The van der Waals surface area contributed by atoms with Crippen LogP contribution in [0.3, 0.4) is 0 Å². The third-order valence-electron chi connectivity index (χ3n) is 2.78. The van der Waals surface area contributed by atoms with Crippen molar-refractivity contribution < 1.29 is 9.59 Å². The molecule has 2 aromatic rings. The molecule has 0 saturated heterocycles. The number of Topliss-reactive ketones (excluding diaryl/α,β-unsaturated/α-hetero) is 1. The number of carbonyl (C=O) groups excluding carboxylic acids is 2. The molecule has 0 aliphatic rings. The monoisotopic (exact) mass is 257 g/mol. The summed E-state index contributed by atoms with van der Waals surface area (Å²) in [4.78, 5) is 23.2. The lowest BCUT2D eigenvalue weighted by molar-refractivity contribution is 0.101. The average molecular weight is 257 g/mol. The molecule has 98 valence electrons. The molecule has 0 aliphatic heterocycles. The third-order valence-corrected chi connectivity index (χ3v) is 2.78. The number of carbonyl (C=O) groups is 2. The van der Waals surface area contributed by atoms with Gasteiger partial charge in [0.15, 0.2) is 11.5 Å². The van der Waals surface area contributed by atoms with E-state index in [9.17, 15) is 9.59 Å². The van der Waals surface area contributed by atoms with Gasteiger partial charge in [-0.3, -0.25) is 14.3 Å². The molecule has 0 bridgehead atoms. The summed E-state index contributed by atoms with van der Waals surface area (Å²) < 4.78 is 1.60. The van der Waals surface area contributed by atoms with E-state index >= 15 is 0 Å². The molecule has 0 fully saturated rings. The van der Waals surface area contributed by atoms with Gasteiger partial charge in [-0.1, -0.05) is 0 Å². The number of aryl methyl sites for hydroxylation is 2. The molecule has 0 atom stereocenters. The number of nitrogens with zero attached hydrogens (tertiary/aromatic N) is 2. The van der Waals surface area contributed by atoms with E-state index in [1.807, 2.05) is 6.92 Å². The largest absolute Gasteiger partial charge is 0.321 e. The molecule has 5 heteroatoms. The normalized spacial score (nSPS) is 10.3. The van der Waals surface area contributed by atoms with Crippen LogP contribution in [0.5, 0.6) is 0 Å². The van der Waals surface area contributed by atoms with Gasteiger partial charge in [-0.2, -0.15) is 5.10 Å². The highest BCUT2D eigenvalue weighted by Crippen LogP contribution is 2.12. The van der Waals surface area contributed by atoms with Crippen molar-refractivity contribution in [2.45, 2.75) is 13.8 Å². The smallest absolute Gasteiger partial charge is 0.276 e. The highest BCUT2D eigenvalue weighted by Gasteiger charge is 2.13. The Labute approximate surface area is 111 Å². The Kier molecular flexibility index (Phi) is 3.46. The predicted molar refractivity (Wildman–Crippen MR) is 72.3 cm³/mol. The lowest BCUT2D eigenvalue weighted by Gasteiger charge is -2.04. The van der Waals surface area contributed by atoms with E-state index < -0.39 is 0 Å². The van der Waals surface area contributed by atoms with Gasteiger partial charge < -0.3 is 5.32 Å². The van der Waals surface area contributed by atoms with Gasteiger partial charge >= 0.3 is 0 Å². The summed E-state index contributed by atoms with van der Waals surface area (Å²) in [6.07, 6.45) is 1.79. The average Bonchev–Trinajstić information content (AvgIpc) is 2.69. The maximum Gasteiger partial charge on any atom is 0.276 e. The number of nitrogens with one attached hydrogen (secondary N) is 1. The van der Waals surface area contributed by atoms with E-state index in [2.05, 4.69) is 10.4 Å². The summed E-state index contributed by atoms with van der Waals surface area (Å²) in [6, 6.07) is 6.77. The zero-order valence-corrected chi connectivity index (χ0v) is 11.1. The van der Waals surface area contributed by atoms with Gasteiger partial charge in [-0.25, -0.2) is 0 Å². The lowest BCUT2D eigenvalue weighted by atomic mass is 10.1. The van der Waals surface area contributed by atoms with Gasteiger partial charge in [0.1, 0.15) is 0 Å². The molecule has 1 aromatic carbocycles. The first-order valence-corrected chi connectivity index (χ1v) is 5.90. The first-order chi connectivity index (χ1) is 8.97. The van der Waals surface area contributed by atoms with Crippen LogP contribution in [-0.2, 0) is 7.05 Å². The van der Waals surface area contributed by atoms with Gasteiger partial charge in [0.2, 0.25) is 0 Å². The maximum atomic E-state index is 12.0. The van der Waals surface area contributed by atoms with Crippen LogP contribution in [-0.4, -0.2) is 21.5 Å². The topological polar surface area (TPSA) is 64.0 Å². The summed E-state index contributed by atoms with van der Waals surface area (Å²) in [5.41, 5.74) is 2.48. The number of aromatic nitrogens is 2. The number of rotatable bonds is 3. The predicted octanol–water partition coefficient (Wildman–Crippen LogP) is 2.18. The molecule has 0 unspecified atom stereocenters. The van der Waals surface area contributed by atoms with Crippen LogP contribution in [0.1, 0.15) is 33.3 Å². The van der Waals surface area contributed by atoms with Crippen molar-refractivity contribution in [2.24, 2.45) is 7.05 Å². The molecule has 1 heterocycles. The minimum Gasteiger partial charge on any atom is -0.321 e. The lowest BCUT2D eigenvalue weighted by Crippen LogP contribution is -2.14. The second-order valence-electron chi connectivity index (χ2n) is 4.42. The molecule has 1 N–H and O–H groups in total. The fourth-order valence-electron chi connectivity index (χ4n) is 1.81. The van der Waals surface area contributed by atoms with E-state index in [4.69, 9.17) is 0 Å². The Morgan fingerprint density at radius 1 is 1.21 bits per heavy atom. The van der Waals surface area contributed by atoms with Crippen LogP contribution >= 0.6 is 0 Å². The van der Waals surface area contributed by atoms with Crippen molar-refractivity contribution in [3.05, 3.63) is 47.3 Å². The number of amides is 1. The van der Waals surface area contributed by atoms with Crippen LogP contribution < -0.4 is 5.32 Å². The van der Waals surface area contributed by atoms with Crippen molar-refractivity contribution in [1.29, 1.82) is 0 Å². The second-order valence-corrected chi connectivity index (χ2v) is 4.42. The van der Waals surface area contributed by atoms with Gasteiger partial charge in [0.05, 0.1) is 0 Å². The summed E-state index contributed by atoms with van der Waals surface area (Å²) in [5.74, 6) is -0.257. The van der Waals surface area contributed by atoms with Crippen molar-refractivity contribution in [1.82, 2.24) is 9.78 Å². The number of hydrogen-bond donors (Lipinski definition) is 1. The minimum absolute atomic E-state index is 0.00144. The van der Waals surface area contributed by atoms with Crippen molar-refractivity contribution in [3.8, 4) is 0 Å². The van der Waals surface area contributed by atoms with Crippen LogP contribution in [0, 0.1) is 6.92 Å². The molecule has 0 aliphatic carbocycles.